The van der Waals surface area contributed by atoms with E-state index in [0.717, 1.165) is 12.1 Å². The second kappa shape index (κ2) is 5.56. The van der Waals surface area contributed by atoms with Crippen molar-refractivity contribution >= 4 is 11.7 Å². The standard InChI is InChI=1S/C11H12F3NO2/c1-3-17-11(16)6(2)15-8-5-4-7(12)9(13)10(8)14/h4-6,15H,3H2,1-2H3/t6-/m1/s1. The van der Waals surface area contributed by atoms with Crippen LogP contribution in [0.2, 0.25) is 0 Å². The molecule has 1 aromatic rings. The summed E-state index contributed by atoms with van der Waals surface area (Å²) in [5.74, 6) is -4.82. The molecule has 1 atom stereocenters. The summed E-state index contributed by atoms with van der Waals surface area (Å²) in [6.07, 6.45) is 0. The van der Waals surface area contributed by atoms with Crippen molar-refractivity contribution in [3.63, 3.8) is 0 Å². The Morgan fingerprint density at radius 1 is 1.35 bits per heavy atom. The Kier molecular flexibility index (Phi) is 4.37. The molecule has 0 aliphatic carbocycles. The molecule has 0 unspecified atom stereocenters. The summed E-state index contributed by atoms with van der Waals surface area (Å²) < 4.78 is 43.4. The molecule has 0 fully saturated rings. The molecule has 0 radical (unpaired) electrons. The third kappa shape index (κ3) is 3.12. The van der Waals surface area contributed by atoms with Crippen LogP contribution >= 0.6 is 0 Å². The van der Waals surface area contributed by atoms with Gasteiger partial charge in [-0.1, -0.05) is 0 Å². The lowest BCUT2D eigenvalue weighted by molar-refractivity contribution is -0.143. The van der Waals surface area contributed by atoms with Crippen LogP contribution in [0, 0.1) is 17.5 Å². The number of nitrogens with one attached hydrogen (secondary N) is 1. The molecule has 0 spiro atoms. The molecule has 0 aromatic heterocycles. The summed E-state index contributed by atoms with van der Waals surface area (Å²) >= 11 is 0. The lowest BCUT2D eigenvalue weighted by Gasteiger charge is -2.14. The van der Waals surface area contributed by atoms with Crippen LogP contribution in [-0.4, -0.2) is 18.6 Å². The Balaban J connectivity index is 2.82. The van der Waals surface area contributed by atoms with Crippen LogP contribution < -0.4 is 5.32 Å². The molecule has 6 heteroatoms. The van der Waals surface area contributed by atoms with Crippen LogP contribution in [-0.2, 0) is 9.53 Å². The summed E-state index contributed by atoms with van der Waals surface area (Å²) in [7, 11) is 0. The van der Waals surface area contributed by atoms with E-state index in [1.54, 1.807) is 6.92 Å². The van der Waals surface area contributed by atoms with Crippen LogP contribution in [0.15, 0.2) is 12.1 Å². The van der Waals surface area contributed by atoms with Crippen molar-refractivity contribution in [3.05, 3.63) is 29.6 Å². The van der Waals surface area contributed by atoms with E-state index >= 15 is 0 Å². The maximum absolute atomic E-state index is 13.2. The fraction of sp³-hybridized carbons (Fsp3) is 0.364. The van der Waals surface area contributed by atoms with Crippen molar-refractivity contribution in [1.29, 1.82) is 0 Å². The van der Waals surface area contributed by atoms with E-state index in [9.17, 15) is 18.0 Å². The highest BCUT2D eigenvalue weighted by Gasteiger charge is 2.18. The summed E-state index contributed by atoms with van der Waals surface area (Å²) in [5, 5.41) is 2.41. The van der Waals surface area contributed by atoms with Gasteiger partial charge < -0.3 is 10.1 Å². The van der Waals surface area contributed by atoms with Crippen LogP contribution in [0.3, 0.4) is 0 Å². The van der Waals surface area contributed by atoms with Gasteiger partial charge in [-0.2, -0.15) is 0 Å². The predicted octanol–water partition coefficient (Wildman–Crippen LogP) is 2.47. The zero-order chi connectivity index (χ0) is 13.0. The van der Waals surface area contributed by atoms with Gasteiger partial charge >= 0.3 is 5.97 Å². The van der Waals surface area contributed by atoms with E-state index in [1.165, 1.54) is 6.92 Å². The van der Waals surface area contributed by atoms with Gasteiger partial charge in [0.05, 0.1) is 12.3 Å². The third-order valence-corrected chi connectivity index (χ3v) is 2.05. The summed E-state index contributed by atoms with van der Waals surface area (Å²) in [6, 6.07) is 0.941. The zero-order valence-electron chi connectivity index (χ0n) is 9.39. The predicted molar refractivity (Wildman–Crippen MR) is 56.0 cm³/mol. The van der Waals surface area contributed by atoms with Gasteiger partial charge in [-0.25, -0.2) is 18.0 Å². The van der Waals surface area contributed by atoms with Gasteiger partial charge in [-0.15, -0.1) is 0 Å². The molecular weight excluding hydrogens is 235 g/mol. The second-order valence-corrected chi connectivity index (χ2v) is 3.34. The maximum Gasteiger partial charge on any atom is 0.328 e. The lowest BCUT2D eigenvalue weighted by Crippen LogP contribution is -2.28. The minimum Gasteiger partial charge on any atom is -0.464 e. The molecule has 0 aliphatic heterocycles. The number of esters is 1. The number of halogens is 3. The molecule has 1 rings (SSSR count). The third-order valence-electron chi connectivity index (χ3n) is 2.05. The fourth-order valence-electron chi connectivity index (χ4n) is 1.20. The van der Waals surface area contributed by atoms with E-state index in [1.807, 2.05) is 0 Å². The van der Waals surface area contributed by atoms with E-state index < -0.39 is 29.5 Å². The van der Waals surface area contributed by atoms with E-state index in [-0.39, 0.29) is 12.3 Å². The number of hydrogen-bond donors (Lipinski definition) is 1. The normalized spacial score (nSPS) is 12.1. The Bertz CT molecular complexity index is 423. The zero-order valence-corrected chi connectivity index (χ0v) is 9.39. The number of ether oxygens (including phenoxy) is 1. The molecule has 0 saturated heterocycles. The van der Waals surface area contributed by atoms with Crippen molar-refractivity contribution in [2.24, 2.45) is 0 Å². The molecule has 17 heavy (non-hydrogen) atoms. The quantitative estimate of drug-likeness (QED) is 0.656. The minimum absolute atomic E-state index is 0.186. The van der Waals surface area contributed by atoms with Gasteiger partial charge in [0.15, 0.2) is 17.5 Å². The molecule has 0 bridgehead atoms. The minimum atomic E-state index is -1.58. The smallest absolute Gasteiger partial charge is 0.328 e. The van der Waals surface area contributed by atoms with Gasteiger partial charge in [0.25, 0.3) is 0 Å². The van der Waals surface area contributed by atoms with Gasteiger partial charge in [0.2, 0.25) is 0 Å². The number of hydrogen-bond acceptors (Lipinski definition) is 3. The molecular formula is C11H12F3NO2. The molecule has 1 aromatic carbocycles. The van der Waals surface area contributed by atoms with E-state index in [2.05, 4.69) is 10.1 Å². The Morgan fingerprint density at radius 3 is 2.59 bits per heavy atom. The first-order valence-corrected chi connectivity index (χ1v) is 5.04. The van der Waals surface area contributed by atoms with Crippen LogP contribution in [0.25, 0.3) is 0 Å². The van der Waals surface area contributed by atoms with Crippen molar-refractivity contribution in [3.8, 4) is 0 Å². The highest BCUT2D eigenvalue weighted by atomic mass is 19.2. The highest BCUT2D eigenvalue weighted by molar-refractivity contribution is 5.78. The Morgan fingerprint density at radius 2 is 2.00 bits per heavy atom. The molecule has 0 amide bonds. The van der Waals surface area contributed by atoms with Gasteiger partial charge in [-0.3, -0.25) is 0 Å². The molecule has 0 heterocycles. The summed E-state index contributed by atoms with van der Waals surface area (Å²) in [6.45, 7) is 3.24. The van der Waals surface area contributed by atoms with Crippen molar-refractivity contribution in [1.82, 2.24) is 0 Å². The van der Waals surface area contributed by atoms with Crippen molar-refractivity contribution in [2.45, 2.75) is 19.9 Å². The van der Waals surface area contributed by atoms with Crippen molar-refractivity contribution in [2.75, 3.05) is 11.9 Å². The average molecular weight is 247 g/mol. The molecule has 94 valence electrons. The number of anilines is 1. The Hall–Kier alpha value is -1.72. The highest BCUT2D eigenvalue weighted by Crippen LogP contribution is 2.20. The van der Waals surface area contributed by atoms with Crippen molar-refractivity contribution < 1.29 is 22.7 Å². The van der Waals surface area contributed by atoms with Crippen LogP contribution in [0.1, 0.15) is 13.8 Å². The molecule has 0 saturated carbocycles. The van der Waals surface area contributed by atoms with E-state index in [0.29, 0.717) is 0 Å². The molecule has 0 aliphatic rings. The largest absolute Gasteiger partial charge is 0.464 e. The molecule has 3 nitrogen and oxygen atoms in total. The maximum atomic E-state index is 13.2. The number of carbonyl (C=O) groups is 1. The topological polar surface area (TPSA) is 38.3 Å². The van der Waals surface area contributed by atoms with Crippen LogP contribution in [0.5, 0.6) is 0 Å². The monoisotopic (exact) mass is 247 g/mol. The first-order valence-electron chi connectivity index (χ1n) is 5.04. The summed E-state index contributed by atoms with van der Waals surface area (Å²) in [4.78, 5) is 11.2. The number of carbonyl (C=O) groups excluding carboxylic acids is 1. The molecule has 1 N–H and O–H groups in total. The van der Waals surface area contributed by atoms with Gasteiger partial charge in [-0.05, 0) is 26.0 Å². The first kappa shape index (κ1) is 13.3. The van der Waals surface area contributed by atoms with Gasteiger partial charge in [0.1, 0.15) is 6.04 Å². The average Bonchev–Trinajstić information content (AvgIpc) is 2.30. The lowest BCUT2D eigenvalue weighted by atomic mass is 10.2. The van der Waals surface area contributed by atoms with Crippen LogP contribution in [0.4, 0.5) is 18.9 Å². The summed E-state index contributed by atoms with van der Waals surface area (Å²) in [5.41, 5.74) is -0.288. The Labute approximate surface area is 96.6 Å². The number of benzene rings is 1. The second-order valence-electron chi connectivity index (χ2n) is 3.34. The SMILES string of the molecule is CCOC(=O)[C@@H](C)Nc1ccc(F)c(F)c1F. The van der Waals surface area contributed by atoms with Gasteiger partial charge in [0, 0.05) is 0 Å². The van der Waals surface area contributed by atoms with E-state index in [4.69, 9.17) is 0 Å². The number of rotatable bonds is 4. The first-order chi connectivity index (χ1) is 7.97. The fourth-order valence-corrected chi connectivity index (χ4v) is 1.20.